The maximum Gasteiger partial charge on any atom is 0.325 e. The van der Waals surface area contributed by atoms with Crippen LogP contribution in [0.4, 0.5) is 0 Å². The van der Waals surface area contributed by atoms with E-state index in [9.17, 15) is 28.8 Å². The Kier molecular flexibility index (Phi) is 12.5. The number of primary amides is 2. The molecule has 4 unspecified atom stereocenters. The number of carbonyl (C=O) groups excluding carboxylic acids is 5. The second-order valence-electron chi connectivity index (χ2n) is 7.09. The van der Waals surface area contributed by atoms with E-state index in [1.54, 1.807) is 0 Å². The van der Waals surface area contributed by atoms with Gasteiger partial charge in [-0.15, -0.1) is 0 Å². The van der Waals surface area contributed by atoms with Crippen LogP contribution in [0.3, 0.4) is 0 Å². The molecular formula is C17H31N9O7. The maximum atomic E-state index is 12.6. The van der Waals surface area contributed by atoms with E-state index in [0.717, 1.165) is 6.92 Å². The molecule has 0 saturated heterocycles. The average molecular weight is 473 g/mol. The number of amides is 5. The lowest BCUT2D eigenvalue weighted by Gasteiger charge is -2.23. The fraction of sp³-hybridized carbons (Fsp3) is 0.588. The predicted octanol–water partition coefficient (Wildman–Crippen LogP) is -5.32. The van der Waals surface area contributed by atoms with Gasteiger partial charge >= 0.3 is 5.97 Å². The Balaban J connectivity index is 5.28. The standard InChI is InChI=1S/C17H31N9O7/c1-7(16(32)33)24-14(30)9(5-11(19)27)26-15(31)10(6-12(20)28)25-13(29)8(18)3-2-4-23-17(21)22/h7-10H,2-6,18H2,1H3,(H2,19,27)(H2,20,28)(H,24,30)(H,25,29)(H,26,31)(H,32,33)(H4,21,22,23). The zero-order chi connectivity index (χ0) is 25.7. The fourth-order valence-corrected chi connectivity index (χ4v) is 2.40. The molecule has 16 nitrogen and oxygen atoms in total. The van der Waals surface area contributed by atoms with Gasteiger partial charge in [0.25, 0.3) is 0 Å². The van der Waals surface area contributed by atoms with E-state index in [2.05, 4.69) is 20.9 Å². The minimum atomic E-state index is -1.57. The molecule has 0 heterocycles. The quantitative estimate of drug-likeness (QED) is 0.0617. The Morgan fingerprint density at radius 2 is 1.27 bits per heavy atom. The molecule has 0 fully saturated rings. The Labute approximate surface area is 189 Å². The van der Waals surface area contributed by atoms with Gasteiger partial charge in [-0.3, -0.25) is 33.8 Å². The molecule has 33 heavy (non-hydrogen) atoms. The summed E-state index contributed by atoms with van der Waals surface area (Å²) in [5, 5.41) is 15.4. The molecule has 0 aliphatic heterocycles. The smallest absolute Gasteiger partial charge is 0.325 e. The normalized spacial score (nSPS) is 14.0. The first-order valence-corrected chi connectivity index (χ1v) is 9.76. The highest BCUT2D eigenvalue weighted by atomic mass is 16.4. The van der Waals surface area contributed by atoms with Gasteiger partial charge in [0, 0.05) is 6.54 Å². The molecule has 0 spiro atoms. The highest BCUT2D eigenvalue weighted by Gasteiger charge is 2.31. The molecule has 0 aromatic rings. The summed E-state index contributed by atoms with van der Waals surface area (Å²) in [6, 6.07) is -5.51. The van der Waals surface area contributed by atoms with Gasteiger partial charge in [0.05, 0.1) is 18.9 Å². The number of hydrogen-bond acceptors (Lipinski definition) is 8. The zero-order valence-corrected chi connectivity index (χ0v) is 18.1. The van der Waals surface area contributed by atoms with E-state index >= 15 is 0 Å². The number of carbonyl (C=O) groups is 6. The topological polar surface area (TPSA) is 301 Å². The third kappa shape index (κ3) is 12.5. The van der Waals surface area contributed by atoms with Gasteiger partial charge in [-0.25, -0.2) is 0 Å². The first-order valence-electron chi connectivity index (χ1n) is 9.76. The van der Waals surface area contributed by atoms with Crippen LogP contribution in [0, 0.1) is 0 Å². The zero-order valence-electron chi connectivity index (χ0n) is 18.1. The van der Waals surface area contributed by atoms with E-state index in [1.165, 1.54) is 0 Å². The molecule has 0 saturated carbocycles. The summed E-state index contributed by atoms with van der Waals surface area (Å²) in [5.74, 6) is -6.27. The number of carboxylic acid groups (broad SMARTS) is 1. The molecule has 4 atom stereocenters. The van der Waals surface area contributed by atoms with Crippen LogP contribution in [0.25, 0.3) is 0 Å². The molecule has 0 bridgehead atoms. The minimum Gasteiger partial charge on any atom is -0.480 e. The number of nitrogens with one attached hydrogen (secondary N) is 3. The highest BCUT2D eigenvalue weighted by molar-refractivity contribution is 5.97. The van der Waals surface area contributed by atoms with E-state index in [4.69, 9.17) is 33.8 Å². The molecular weight excluding hydrogens is 442 g/mol. The van der Waals surface area contributed by atoms with E-state index in [0.29, 0.717) is 6.42 Å². The van der Waals surface area contributed by atoms with Crippen LogP contribution in [-0.4, -0.2) is 77.3 Å². The molecule has 0 aromatic heterocycles. The van der Waals surface area contributed by atoms with Crippen molar-refractivity contribution in [3.8, 4) is 0 Å². The summed E-state index contributed by atoms with van der Waals surface area (Å²) in [7, 11) is 0. The van der Waals surface area contributed by atoms with Gasteiger partial charge < -0.3 is 49.7 Å². The summed E-state index contributed by atoms with van der Waals surface area (Å²) in [5.41, 5.74) is 26.3. The largest absolute Gasteiger partial charge is 0.480 e. The number of guanidine groups is 1. The van der Waals surface area contributed by atoms with Gasteiger partial charge in [-0.2, -0.15) is 0 Å². The van der Waals surface area contributed by atoms with Crippen LogP contribution in [0.1, 0.15) is 32.6 Å². The monoisotopic (exact) mass is 473 g/mol. The van der Waals surface area contributed by atoms with Crippen LogP contribution in [0.2, 0.25) is 0 Å². The van der Waals surface area contributed by atoms with Crippen molar-refractivity contribution in [2.45, 2.75) is 56.8 Å². The van der Waals surface area contributed by atoms with Gasteiger partial charge in [0.2, 0.25) is 29.5 Å². The summed E-state index contributed by atoms with van der Waals surface area (Å²) < 4.78 is 0. The highest BCUT2D eigenvalue weighted by Crippen LogP contribution is 2.01. The summed E-state index contributed by atoms with van der Waals surface area (Å²) in [4.78, 5) is 74.5. The number of aliphatic imine (C=N–C) groups is 1. The molecule has 0 aliphatic carbocycles. The van der Waals surface area contributed by atoms with Crippen molar-refractivity contribution >= 4 is 41.5 Å². The van der Waals surface area contributed by atoms with Crippen molar-refractivity contribution in [3.05, 3.63) is 0 Å². The lowest BCUT2D eigenvalue weighted by molar-refractivity contribution is -0.142. The Bertz CT molecular complexity index is 783. The summed E-state index contributed by atoms with van der Waals surface area (Å²) >= 11 is 0. The third-order valence-electron chi connectivity index (χ3n) is 4.11. The van der Waals surface area contributed by atoms with Crippen molar-refractivity contribution in [2.24, 2.45) is 33.7 Å². The number of rotatable bonds is 15. The maximum absolute atomic E-state index is 12.6. The number of aliphatic carboxylic acids is 1. The molecule has 0 rings (SSSR count). The lowest BCUT2D eigenvalue weighted by Crippen LogP contribution is -2.58. The van der Waals surface area contributed by atoms with Crippen LogP contribution >= 0.6 is 0 Å². The second kappa shape index (κ2) is 14.2. The Morgan fingerprint density at radius 1 is 0.818 bits per heavy atom. The Hall–Kier alpha value is -3.95. The minimum absolute atomic E-state index is 0.126. The SMILES string of the molecule is CC(NC(=O)C(CC(N)=O)NC(=O)C(CC(N)=O)NC(=O)C(N)CCCN=C(N)N)C(=O)O. The predicted molar refractivity (Wildman–Crippen MR) is 115 cm³/mol. The van der Waals surface area contributed by atoms with Crippen LogP contribution in [0.5, 0.6) is 0 Å². The summed E-state index contributed by atoms with van der Waals surface area (Å²) in [6.07, 6.45) is -0.824. The first kappa shape index (κ1) is 29.0. The summed E-state index contributed by atoms with van der Waals surface area (Å²) in [6.45, 7) is 1.38. The third-order valence-corrected chi connectivity index (χ3v) is 4.11. The molecule has 14 N–H and O–H groups in total. The second-order valence-corrected chi connectivity index (χ2v) is 7.09. The lowest BCUT2D eigenvalue weighted by atomic mass is 10.1. The first-order chi connectivity index (χ1) is 15.2. The molecule has 16 heteroatoms. The number of hydrogen-bond donors (Lipinski definition) is 9. The molecule has 0 radical (unpaired) electrons. The Morgan fingerprint density at radius 3 is 1.70 bits per heavy atom. The number of carboxylic acids is 1. The average Bonchev–Trinajstić information content (AvgIpc) is 2.68. The van der Waals surface area contributed by atoms with Crippen molar-refractivity contribution < 1.29 is 33.9 Å². The van der Waals surface area contributed by atoms with Gasteiger partial charge in [-0.1, -0.05) is 0 Å². The van der Waals surface area contributed by atoms with Crippen LogP contribution < -0.4 is 44.6 Å². The van der Waals surface area contributed by atoms with Gasteiger partial charge in [0.15, 0.2) is 5.96 Å². The molecule has 186 valence electrons. The van der Waals surface area contributed by atoms with Crippen molar-refractivity contribution in [1.29, 1.82) is 0 Å². The van der Waals surface area contributed by atoms with Gasteiger partial charge in [0.1, 0.15) is 18.1 Å². The van der Waals surface area contributed by atoms with E-state index in [1.807, 2.05) is 0 Å². The number of nitrogens with two attached hydrogens (primary N) is 5. The van der Waals surface area contributed by atoms with E-state index in [-0.39, 0.29) is 18.9 Å². The van der Waals surface area contributed by atoms with Crippen LogP contribution in [-0.2, 0) is 28.8 Å². The van der Waals surface area contributed by atoms with Crippen LogP contribution in [0.15, 0.2) is 4.99 Å². The fourth-order valence-electron chi connectivity index (χ4n) is 2.40. The van der Waals surface area contributed by atoms with Crippen molar-refractivity contribution in [2.75, 3.05) is 6.54 Å². The molecule has 0 aromatic carbocycles. The van der Waals surface area contributed by atoms with Crippen molar-refractivity contribution in [3.63, 3.8) is 0 Å². The van der Waals surface area contributed by atoms with Gasteiger partial charge in [-0.05, 0) is 19.8 Å². The molecule has 5 amide bonds. The van der Waals surface area contributed by atoms with Crippen molar-refractivity contribution in [1.82, 2.24) is 16.0 Å². The number of nitrogens with zero attached hydrogens (tertiary/aromatic N) is 1. The van der Waals surface area contributed by atoms with E-state index < -0.39 is 72.5 Å². The molecule has 0 aliphatic rings.